The van der Waals surface area contributed by atoms with Crippen molar-refractivity contribution in [2.45, 2.75) is 24.8 Å². The molecular weight excluding hydrogens is 322 g/mol. The normalized spacial score (nSPS) is 22.4. The van der Waals surface area contributed by atoms with Crippen molar-refractivity contribution in [1.82, 2.24) is 26.1 Å². The van der Waals surface area contributed by atoms with Crippen LogP contribution in [0.25, 0.3) is 11.4 Å². The first-order valence-electron chi connectivity index (χ1n) is 8.21. The molecule has 0 aliphatic heterocycles. The second-order valence-corrected chi connectivity index (χ2v) is 6.04. The van der Waals surface area contributed by atoms with Crippen molar-refractivity contribution in [2.75, 3.05) is 14.1 Å². The largest absolute Gasteiger partial charge is 0.359 e. The fraction of sp³-hybridized carbons (Fsp3) is 0.412. The van der Waals surface area contributed by atoms with E-state index in [4.69, 9.17) is 4.52 Å². The van der Waals surface area contributed by atoms with E-state index in [1.54, 1.807) is 14.1 Å². The van der Waals surface area contributed by atoms with E-state index in [1.165, 1.54) is 0 Å². The third-order valence-electron chi connectivity index (χ3n) is 4.51. The van der Waals surface area contributed by atoms with Gasteiger partial charge in [-0.3, -0.25) is 4.79 Å². The van der Waals surface area contributed by atoms with Gasteiger partial charge in [0.2, 0.25) is 17.6 Å². The van der Waals surface area contributed by atoms with Crippen LogP contribution < -0.4 is 16.0 Å². The fourth-order valence-corrected chi connectivity index (χ4v) is 3.22. The predicted octanol–water partition coefficient (Wildman–Crippen LogP) is 1.27. The average molecular weight is 343 g/mol. The van der Waals surface area contributed by atoms with Gasteiger partial charge in [0.1, 0.15) is 0 Å². The van der Waals surface area contributed by atoms with Crippen molar-refractivity contribution in [3.63, 3.8) is 0 Å². The Labute approximate surface area is 145 Å². The van der Waals surface area contributed by atoms with Gasteiger partial charge in [0.05, 0.1) is 5.92 Å². The molecule has 3 atom stereocenters. The van der Waals surface area contributed by atoms with Crippen LogP contribution in [-0.2, 0) is 4.79 Å². The maximum Gasteiger partial charge on any atom is 0.314 e. The first kappa shape index (κ1) is 16.9. The molecule has 1 heterocycles. The van der Waals surface area contributed by atoms with E-state index >= 15 is 0 Å². The number of amides is 3. The Hall–Kier alpha value is -2.90. The molecule has 0 saturated heterocycles. The summed E-state index contributed by atoms with van der Waals surface area (Å²) >= 11 is 0. The molecule has 1 aromatic carbocycles. The number of benzene rings is 1. The third-order valence-corrected chi connectivity index (χ3v) is 4.51. The zero-order valence-corrected chi connectivity index (χ0v) is 14.2. The maximum absolute atomic E-state index is 12.0. The molecule has 0 spiro atoms. The van der Waals surface area contributed by atoms with E-state index in [-0.39, 0.29) is 29.8 Å². The van der Waals surface area contributed by atoms with Crippen LogP contribution >= 0.6 is 0 Å². The Balaban J connectivity index is 1.83. The van der Waals surface area contributed by atoms with Gasteiger partial charge in [0, 0.05) is 31.6 Å². The molecule has 1 aromatic heterocycles. The van der Waals surface area contributed by atoms with Gasteiger partial charge in [-0.1, -0.05) is 35.5 Å². The summed E-state index contributed by atoms with van der Waals surface area (Å²) in [7, 11) is 3.16. The molecule has 132 valence electrons. The molecule has 8 heteroatoms. The van der Waals surface area contributed by atoms with Gasteiger partial charge in [0.15, 0.2) is 0 Å². The zero-order valence-electron chi connectivity index (χ0n) is 14.2. The molecule has 3 amide bonds. The molecule has 1 aliphatic carbocycles. The van der Waals surface area contributed by atoms with Crippen molar-refractivity contribution in [3.05, 3.63) is 36.2 Å². The number of nitrogens with one attached hydrogen (secondary N) is 3. The summed E-state index contributed by atoms with van der Waals surface area (Å²) in [6, 6.07) is 8.98. The number of hydrogen-bond donors (Lipinski definition) is 3. The van der Waals surface area contributed by atoms with Crippen molar-refractivity contribution < 1.29 is 14.1 Å². The minimum atomic E-state index is -0.296. The van der Waals surface area contributed by atoms with E-state index in [1.807, 2.05) is 30.3 Å². The third kappa shape index (κ3) is 3.62. The van der Waals surface area contributed by atoms with Crippen LogP contribution in [0.2, 0.25) is 0 Å². The number of carbonyl (C=O) groups is 2. The topological polar surface area (TPSA) is 109 Å². The van der Waals surface area contributed by atoms with E-state index < -0.39 is 0 Å². The number of rotatable bonds is 4. The van der Waals surface area contributed by atoms with Crippen LogP contribution in [-0.4, -0.2) is 42.2 Å². The van der Waals surface area contributed by atoms with Crippen molar-refractivity contribution in [3.8, 4) is 11.4 Å². The molecule has 1 fully saturated rings. The highest BCUT2D eigenvalue weighted by atomic mass is 16.5. The van der Waals surface area contributed by atoms with Crippen LogP contribution in [0.3, 0.4) is 0 Å². The molecule has 25 heavy (non-hydrogen) atoms. The van der Waals surface area contributed by atoms with Crippen LogP contribution in [0.15, 0.2) is 34.9 Å². The van der Waals surface area contributed by atoms with Gasteiger partial charge in [-0.2, -0.15) is 4.98 Å². The van der Waals surface area contributed by atoms with Crippen molar-refractivity contribution in [2.24, 2.45) is 5.92 Å². The number of carbonyl (C=O) groups excluding carboxylic acids is 2. The zero-order chi connectivity index (χ0) is 17.8. The summed E-state index contributed by atoms with van der Waals surface area (Å²) in [4.78, 5) is 28.2. The lowest BCUT2D eigenvalue weighted by Gasteiger charge is -2.17. The maximum atomic E-state index is 12.0. The SMILES string of the molecule is CNC(=O)N[C@H]1C[C@H](C(=O)NC)C[C@H]1c1nc(-c2ccccc2)no1. The smallest absolute Gasteiger partial charge is 0.314 e. The van der Waals surface area contributed by atoms with Gasteiger partial charge in [0.25, 0.3) is 0 Å². The van der Waals surface area contributed by atoms with Gasteiger partial charge in [-0.15, -0.1) is 0 Å². The number of hydrogen-bond acceptors (Lipinski definition) is 5. The summed E-state index contributed by atoms with van der Waals surface area (Å²) in [6.45, 7) is 0. The van der Waals surface area contributed by atoms with Gasteiger partial charge < -0.3 is 20.5 Å². The summed E-state index contributed by atoms with van der Waals surface area (Å²) in [5.41, 5.74) is 0.856. The second kappa shape index (κ2) is 7.33. The molecule has 1 saturated carbocycles. The van der Waals surface area contributed by atoms with Crippen LogP contribution in [0.5, 0.6) is 0 Å². The monoisotopic (exact) mass is 343 g/mol. The number of urea groups is 1. The lowest BCUT2D eigenvalue weighted by molar-refractivity contribution is -0.124. The fourth-order valence-electron chi connectivity index (χ4n) is 3.22. The lowest BCUT2D eigenvalue weighted by atomic mass is 10.0. The first-order valence-corrected chi connectivity index (χ1v) is 8.21. The molecule has 3 rings (SSSR count). The Morgan fingerprint density at radius 1 is 1.12 bits per heavy atom. The summed E-state index contributed by atoms with van der Waals surface area (Å²) in [5.74, 6) is 0.479. The Kier molecular flexibility index (Phi) is 4.97. The number of nitrogens with zero attached hydrogens (tertiary/aromatic N) is 2. The Morgan fingerprint density at radius 2 is 1.88 bits per heavy atom. The van der Waals surface area contributed by atoms with E-state index in [0.29, 0.717) is 24.6 Å². The minimum Gasteiger partial charge on any atom is -0.359 e. The highest BCUT2D eigenvalue weighted by molar-refractivity contribution is 5.79. The first-order chi connectivity index (χ1) is 12.1. The molecule has 3 N–H and O–H groups in total. The van der Waals surface area contributed by atoms with E-state index in [2.05, 4.69) is 26.1 Å². The minimum absolute atomic E-state index is 0.0472. The molecule has 0 bridgehead atoms. The summed E-state index contributed by atoms with van der Waals surface area (Å²) in [5, 5.41) is 12.1. The van der Waals surface area contributed by atoms with Crippen LogP contribution in [0.4, 0.5) is 4.79 Å². The molecule has 0 radical (unpaired) electrons. The second-order valence-electron chi connectivity index (χ2n) is 6.04. The van der Waals surface area contributed by atoms with E-state index in [9.17, 15) is 9.59 Å². The molecular formula is C17H21N5O3. The highest BCUT2D eigenvalue weighted by Gasteiger charge is 2.42. The predicted molar refractivity (Wildman–Crippen MR) is 90.6 cm³/mol. The van der Waals surface area contributed by atoms with Crippen LogP contribution in [0, 0.1) is 5.92 Å². The summed E-state index contributed by atoms with van der Waals surface area (Å²) in [6.07, 6.45) is 1.07. The Morgan fingerprint density at radius 3 is 2.56 bits per heavy atom. The van der Waals surface area contributed by atoms with Crippen molar-refractivity contribution >= 4 is 11.9 Å². The average Bonchev–Trinajstić information content (AvgIpc) is 3.28. The number of aromatic nitrogens is 2. The molecule has 2 aromatic rings. The quantitative estimate of drug-likeness (QED) is 0.775. The molecule has 1 aliphatic rings. The standard InChI is InChI=1S/C17H21N5O3/c1-18-15(23)11-8-12(13(9-11)20-17(24)19-2)16-21-14(22-25-16)10-6-4-3-5-7-10/h3-7,11-13H,8-9H2,1-2H3,(H,18,23)(H2,19,20,24)/t11-,12-,13+/m1/s1. The van der Waals surface area contributed by atoms with E-state index in [0.717, 1.165) is 5.56 Å². The molecule has 0 unspecified atom stereocenters. The summed E-state index contributed by atoms with van der Waals surface area (Å²) < 4.78 is 5.45. The molecule has 8 nitrogen and oxygen atoms in total. The Bertz CT molecular complexity index is 746. The van der Waals surface area contributed by atoms with Crippen LogP contribution in [0.1, 0.15) is 24.7 Å². The van der Waals surface area contributed by atoms with Gasteiger partial charge in [-0.25, -0.2) is 4.79 Å². The van der Waals surface area contributed by atoms with Gasteiger partial charge in [-0.05, 0) is 12.8 Å². The highest BCUT2D eigenvalue weighted by Crippen LogP contribution is 2.38. The van der Waals surface area contributed by atoms with Gasteiger partial charge >= 0.3 is 6.03 Å². The van der Waals surface area contributed by atoms with Crippen molar-refractivity contribution in [1.29, 1.82) is 0 Å². The lowest BCUT2D eigenvalue weighted by Crippen LogP contribution is -2.42.